The molecule has 198 valence electrons. The molecule has 3 heterocycles. The third-order valence-corrected chi connectivity index (χ3v) is 8.57. The van der Waals surface area contributed by atoms with Crippen molar-refractivity contribution in [2.45, 2.75) is 42.9 Å². The maximum atomic E-state index is 13.5. The smallest absolute Gasteiger partial charge is 0.403 e. The number of rotatable bonds is 11. The fraction of sp³-hybridized carbons (Fsp3) is 0.364. The van der Waals surface area contributed by atoms with Crippen molar-refractivity contribution < 1.29 is 33.2 Å². The van der Waals surface area contributed by atoms with E-state index in [0.717, 1.165) is 23.4 Å². The van der Waals surface area contributed by atoms with Gasteiger partial charge >= 0.3 is 19.3 Å². The molecule has 1 fully saturated rings. The van der Waals surface area contributed by atoms with Gasteiger partial charge in [0.05, 0.1) is 24.0 Å². The van der Waals surface area contributed by atoms with Crippen molar-refractivity contribution in [3.63, 3.8) is 0 Å². The van der Waals surface area contributed by atoms with Crippen LogP contribution < -0.4 is 10.8 Å². The second-order valence-corrected chi connectivity index (χ2v) is 11.4. The molecule has 0 spiro atoms. The molecule has 0 aliphatic carbocycles. The molecular weight excluding hydrogens is 527 g/mol. The number of aromatic nitrogens is 2. The van der Waals surface area contributed by atoms with E-state index in [2.05, 4.69) is 10.1 Å². The molecule has 37 heavy (non-hydrogen) atoms. The van der Waals surface area contributed by atoms with Crippen LogP contribution in [0.25, 0.3) is 0 Å². The molecule has 1 aliphatic rings. The SMILES string of the molecule is Cc1ccn([C@@H]2S[C@H](COP(=O)(NCc3ccccc3)OCc3ccc([N+](=O)[O-])o3)[C@@H](O)[C@@H]2O)c(=O)n1. The van der Waals surface area contributed by atoms with E-state index in [-0.39, 0.29) is 25.5 Å². The van der Waals surface area contributed by atoms with Crippen molar-refractivity contribution in [3.8, 4) is 0 Å². The van der Waals surface area contributed by atoms with Crippen molar-refractivity contribution in [1.29, 1.82) is 0 Å². The quantitative estimate of drug-likeness (QED) is 0.180. The van der Waals surface area contributed by atoms with Gasteiger partial charge in [0.1, 0.15) is 28.8 Å². The Morgan fingerprint density at radius 1 is 1.19 bits per heavy atom. The van der Waals surface area contributed by atoms with E-state index < -0.39 is 47.1 Å². The first-order valence-electron chi connectivity index (χ1n) is 11.1. The molecule has 3 N–H and O–H groups in total. The van der Waals surface area contributed by atoms with Gasteiger partial charge in [-0.3, -0.25) is 23.7 Å². The molecule has 0 bridgehead atoms. The largest absolute Gasteiger partial charge is 0.433 e. The summed E-state index contributed by atoms with van der Waals surface area (Å²) < 4.78 is 30.9. The molecule has 1 unspecified atom stereocenters. The van der Waals surface area contributed by atoms with Crippen LogP contribution >= 0.6 is 19.5 Å². The monoisotopic (exact) mass is 552 g/mol. The van der Waals surface area contributed by atoms with Gasteiger partial charge < -0.3 is 14.6 Å². The lowest BCUT2D eigenvalue weighted by atomic mass is 10.1. The predicted octanol–water partition coefficient (Wildman–Crippen LogP) is 2.52. The Hall–Kier alpha value is -2.84. The van der Waals surface area contributed by atoms with E-state index in [4.69, 9.17) is 13.5 Å². The number of furan rings is 1. The van der Waals surface area contributed by atoms with Gasteiger partial charge in [0.2, 0.25) is 0 Å². The second-order valence-electron chi connectivity index (χ2n) is 8.19. The lowest BCUT2D eigenvalue weighted by Crippen LogP contribution is -2.36. The number of aliphatic hydroxyl groups excluding tert-OH is 2. The Bertz CT molecular complexity index is 1330. The second kappa shape index (κ2) is 11.7. The van der Waals surface area contributed by atoms with Crippen LogP contribution in [0.1, 0.15) is 22.4 Å². The molecule has 1 aromatic carbocycles. The van der Waals surface area contributed by atoms with E-state index in [1.54, 1.807) is 37.3 Å². The highest BCUT2D eigenvalue weighted by Crippen LogP contribution is 2.48. The minimum absolute atomic E-state index is 0.0639. The van der Waals surface area contributed by atoms with Crippen molar-refractivity contribution in [1.82, 2.24) is 14.6 Å². The minimum atomic E-state index is -4.04. The number of hydrogen-bond acceptors (Lipinski definition) is 11. The Kier molecular flexibility index (Phi) is 8.60. The minimum Gasteiger partial charge on any atom is -0.403 e. The van der Waals surface area contributed by atoms with Gasteiger partial charge in [0.15, 0.2) is 0 Å². The van der Waals surface area contributed by atoms with Crippen molar-refractivity contribution in [3.05, 3.63) is 92.3 Å². The first-order valence-corrected chi connectivity index (χ1v) is 13.6. The number of hydrogen-bond donors (Lipinski definition) is 3. The third-order valence-electron chi connectivity index (χ3n) is 5.51. The van der Waals surface area contributed by atoms with Crippen LogP contribution in [0.2, 0.25) is 0 Å². The summed E-state index contributed by atoms with van der Waals surface area (Å²) in [6.07, 6.45) is -1.11. The molecule has 0 radical (unpaired) electrons. The van der Waals surface area contributed by atoms with Gasteiger partial charge in [-0.1, -0.05) is 30.3 Å². The predicted molar refractivity (Wildman–Crippen MR) is 133 cm³/mol. The van der Waals surface area contributed by atoms with Gasteiger partial charge in [0, 0.05) is 18.4 Å². The van der Waals surface area contributed by atoms with Crippen LogP contribution in [0.4, 0.5) is 5.88 Å². The van der Waals surface area contributed by atoms with Gasteiger partial charge in [-0.15, -0.1) is 11.8 Å². The summed E-state index contributed by atoms with van der Waals surface area (Å²) in [6.45, 7) is 1.09. The number of aliphatic hydroxyl groups is 2. The Balaban J connectivity index is 1.45. The fourth-order valence-electron chi connectivity index (χ4n) is 3.56. The summed E-state index contributed by atoms with van der Waals surface area (Å²) in [4.78, 5) is 26.3. The van der Waals surface area contributed by atoms with Crippen LogP contribution in [-0.4, -0.2) is 48.8 Å². The number of nitrogens with one attached hydrogen (secondary N) is 1. The molecule has 0 saturated carbocycles. The normalized spacial score (nSPS) is 23.1. The maximum absolute atomic E-state index is 13.5. The zero-order chi connectivity index (χ0) is 26.6. The fourth-order valence-corrected chi connectivity index (χ4v) is 6.39. The zero-order valence-electron chi connectivity index (χ0n) is 19.6. The third kappa shape index (κ3) is 6.73. The summed E-state index contributed by atoms with van der Waals surface area (Å²) in [5.41, 5.74) is 0.737. The number of nitrogens with zero attached hydrogens (tertiary/aromatic N) is 3. The van der Waals surface area contributed by atoms with Gasteiger partial charge in [0.25, 0.3) is 0 Å². The van der Waals surface area contributed by atoms with Gasteiger partial charge in [-0.25, -0.2) is 14.4 Å². The van der Waals surface area contributed by atoms with Crippen molar-refractivity contribution in [2.75, 3.05) is 6.61 Å². The molecule has 13 nitrogen and oxygen atoms in total. The lowest BCUT2D eigenvalue weighted by Gasteiger charge is -2.22. The van der Waals surface area contributed by atoms with Crippen LogP contribution in [0.15, 0.2) is 63.9 Å². The standard InChI is InChI=1S/C22H25N4O9PS/c1-14-9-10-25(22(29)24-14)21-20(28)19(27)17(37-21)13-34-36(32,23-11-15-5-3-2-4-6-15)33-12-16-7-8-18(35-16)26(30)31/h2-10,17,19-21,27-28H,11-13H2,1H3,(H,23,32)/t17-,19-,20+,21-,36?/m1/s1. The van der Waals surface area contributed by atoms with Crippen LogP contribution in [0, 0.1) is 17.0 Å². The van der Waals surface area contributed by atoms with Gasteiger partial charge in [-0.05, 0) is 24.6 Å². The molecule has 1 saturated heterocycles. The zero-order valence-corrected chi connectivity index (χ0v) is 21.3. The molecular formula is C22H25N4O9PS. The van der Waals surface area contributed by atoms with E-state index >= 15 is 0 Å². The molecule has 0 amide bonds. The molecule has 4 rings (SSSR count). The number of nitro groups is 1. The van der Waals surface area contributed by atoms with Crippen molar-refractivity contribution >= 4 is 25.4 Å². The van der Waals surface area contributed by atoms with Crippen molar-refractivity contribution in [2.24, 2.45) is 0 Å². The molecule has 15 heteroatoms. The first-order chi connectivity index (χ1) is 17.6. The summed E-state index contributed by atoms with van der Waals surface area (Å²) in [6, 6.07) is 13.1. The maximum Gasteiger partial charge on any atom is 0.433 e. The Labute approximate surface area is 215 Å². The first kappa shape index (κ1) is 27.2. The Morgan fingerprint density at radius 3 is 2.62 bits per heavy atom. The molecule has 1 aliphatic heterocycles. The van der Waals surface area contributed by atoms with Crippen LogP contribution in [0.5, 0.6) is 0 Å². The van der Waals surface area contributed by atoms with Crippen LogP contribution in [-0.2, 0) is 26.8 Å². The summed E-state index contributed by atoms with van der Waals surface area (Å²) in [5.74, 6) is -0.424. The van der Waals surface area contributed by atoms with E-state index in [1.807, 2.05) is 6.07 Å². The highest BCUT2D eigenvalue weighted by molar-refractivity contribution is 8.00. The number of aryl methyl sites for hydroxylation is 1. The molecule has 3 aromatic rings. The topological polar surface area (TPSA) is 179 Å². The highest BCUT2D eigenvalue weighted by Gasteiger charge is 2.45. The Morgan fingerprint density at radius 2 is 1.95 bits per heavy atom. The van der Waals surface area contributed by atoms with E-state index in [9.17, 15) is 29.7 Å². The average Bonchev–Trinajstić information content (AvgIpc) is 3.47. The average molecular weight is 553 g/mol. The number of benzene rings is 1. The van der Waals surface area contributed by atoms with Crippen LogP contribution in [0.3, 0.4) is 0 Å². The van der Waals surface area contributed by atoms with E-state index in [1.165, 1.54) is 16.8 Å². The van der Waals surface area contributed by atoms with Gasteiger partial charge in [-0.2, -0.15) is 4.98 Å². The summed E-state index contributed by atoms with van der Waals surface area (Å²) in [7, 11) is -4.04. The highest BCUT2D eigenvalue weighted by atomic mass is 32.2. The molecule has 5 atom stereocenters. The summed E-state index contributed by atoms with van der Waals surface area (Å²) in [5, 5.41) is 33.2. The number of thioether (sulfide) groups is 1. The summed E-state index contributed by atoms with van der Waals surface area (Å²) >= 11 is 1.08. The lowest BCUT2D eigenvalue weighted by molar-refractivity contribution is -0.402. The van der Waals surface area contributed by atoms with E-state index in [0.29, 0.717) is 5.69 Å². The molecule has 2 aromatic heterocycles.